The number of rotatable bonds is 20. The molecule has 2 aromatic rings. The van der Waals surface area contributed by atoms with Crippen molar-refractivity contribution in [2.45, 2.75) is 39.5 Å². The monoisotopic (exact) mass is 616 g/mol. The molecule has 2 atom stereocenters. The number of hydrogen-bond acceptors (Lipinski definition) is 12. The van der Waals surface area contributed by atoms with Gasteiger partial charge in [-0.2, -0.15) is 0 Å². The third kappa shape index (κ3) is 15.6. The van der Waals surface area contributed by atoms with E-state index >= 15 is 0 Å². The summed E-state index contributed by atoms with van der Waals surface area (Å²) >= 11 is 0. The summed E-state index contributed by atoms with van der Waals surface area (Å²) in [6.07, 6.45) is 1.02. The van der Waals surface area contributed by atoms with E-state index in [2.05, 4.69) is 20.1 Å². The van der Waals surface area contributed by atoms with Gasteiger partial charge in [0.05, 0.1) is 26.1 Å². The molecule has 0 saturated carbocycles. The van der Waals surface area contributed by atoms with Gasteiger partial charge in [-0.25, -0.2) is 9.59 Å². The second-order valence-corrected chi connectivity index (χ2v) is 10.6. The van der Waals surface area contributed by atoms with Crippen LogP contribution >= 0.6 is 0 Å². The lowest BCUT2D eigenvalue weighted by Crippen LogP contribution is -2.27. The molecule has 0 aliphatic carbocycles. The second kappa shape index (κ2) is 21.0. The Hall–Kier alpha value is -3.84. The van der Waals surface area contributed by atoms with Crippen molar-refractivity contribution in [1.82, 2.24) is 10.6 Å². The first-order valence-electron chi connectivity index (χ1n) is 14.8. The van der Waals surface area contributed by atoms with Crippen molar-refractivity contribution in [1.29, 1.82) is 0 Å². The maximum atomic E-state index is 12.1. The predicted molar refractivity (Wildman–Crippen MR) is 161 cm³/mol. The largest absolute Gasteiger partial charge is 0.494 e. The van der Waals surface area contributed by atoms with E-state index in [1.54, 1.807) is 48.5 Å². The van der Waals surface area contributed by atoms with E-state index in [-0.39, 0.29) is 37.9 Å². The third-order valence-corrected chi connectivity index (χ3v) is 6.27. The molecule has 12 nitrogen and oxygen atoms in total. The summed E-state index contributed by atoms with van der Waals surface area (Å²) in [7, 11) is 0. The number of aliphatic hydroxyl groups is 2. The third-order valence-electron chi connectivity index (χ3n) is 6.27. The number of ether oxygens (including phenoxy) is 4. The smallest absolute Gasteiger partial charge is 0.425 e. The standard InChI is InChI=1S/C32H44N2O10/c1-23(21-35)19-33-13-3-15-41-27-9-5-25(6-10-27)17-29(37)43-31(39)32(40)44-30(38)18-26-7-11-28(12-8-26)42-16-4-14-34-20-24(2)22-36/h5-12,23-24,33-36H,3-4,13-22H2,1-2H3. The maximum Gasteiger partial charge on any atom is 0.425 e. The van der Waals surface area contributed by atoms with Crippen LogP contribution in [0.1, 0.15) is 37.8 Å². The first-order valence-corrected chi connectivity index (χ1v) is 14.8. The van der Waals surface area contributed by atoms with Crippen LogP contribution in [0, 0.1) is 11.8 Å². The van der Waals surface area contributed by atoms with Crippen molar-refractivity contribution in [3.63, 3.8) is 0 Å². The minimum atomic E-state index is -1.57. The van der Waals surface area contributed by atoms with E-state index in [1.807, 2.05) is 13.8 Å². The molecule has 12 heteroatoms. The Morgan fingerprint density at radius 1 is 0.636 bits per heavy atom. The number of hydrogen-bond donors (Lipinski definition) is 4. The van der Waals surface area contributed by atoms with Crippen LogP contribution in [-0.4, -0.2) is 86.7 Å². The molecule has 2 unspecified atom stereocenters. The molecule has 0 aliphatic rings. The summed E-state index contributed by atoms with van der Waals surface area (Å²) in [5.74, 6) is -3.47. The van der Waals surface area contributed by atoms with Gasteiger partial charge in [-0.3, -0.25) is 9.59 Å². The zero-order valence-electron chi connectivity index (χ0n) is 25.4. The predicted octanol–water partition coefficient (Wildman–Crippen LogP) is 1.59. The van der Waals surface area contributed by atoms with Crippen LogP contribution in [0.5, 0.6) is 11.5 Å². The van der Waals surface area contributed by atoms with E-state index in [0.29, 0.717) is 35.8 Å². The molecule has 242 valence electrons. The van der Waals surface area contributed by atoms with E-state index in [9.17, 15) is 19.2 Å². The molecular formula is C32H44N2O10. The minimum absolute atomic E-state index is 0.141. The molecular weight excluding hydrogens is 572 g/mol. The number of benzene rings is 2. The summed E-state index contributed by atoms with van der Waals surface area (Å²) in [5, 5.41) is 24.5. The Bertz CT molecular complexity index is 1060. The van der Waals surface area contributed by atoms with Gasteiger partial charge in [0.25, 0.3) is 0 Å². The fourth-order valence-electron chi connectivity index (χ4n) is 3.70. The number of nitrogens with one attached hydrogen (secondary N) is 2. The van der Waals surface area contributed by atoms with Gasteiger partial charge in [0.15, 0.2) is 0 Å². The van der Waals surface area contributed by atoms with Gasteiger partial charge >= 0.3 is 23.9 Å². The zero-order chi connectivity index (χ0) is 32.2. The molecule has 0 spiro atoms. The van der Waals surface area contributed by atoms with E-state index in [4.69, 9.17) is 19.7 Å². The van der Waals surface area contributed by atoms with Gasteiger partial charge in [0.1, 0.15) is 11.5 Å². The maximum absolute atomic E-state index is 12.1. The van der Waals surface area contributed by atoms with Crippen LogP contribution in [0.4, 0.5) is 0 Å². The number of esters is 4. The molecule has 0 fully saturated rings. The molecule has 0 aromatic heterocycles. The molecule has 2 rings (SSSR count). The van der Waals surface area contributed by atoms with Gasteiger partial charge in [-0.1, -0.05) is 38.1 Å². The summed E-state index contributed by atoms with van der Waals surface area (Å²) in [6, 6.07) is 13.3. The summed E-state index contributed by atoms with van der Waals surface area (Å²) in [5.41, 5.74) is 1.08. The summed E-state index contributed by atoms with van der Waals surface area (Å²) < 4.78 is 20.4. The Morgan fingerprint density at radius 2 is 1.00 bits per heavy atom. The lowest BCUT2D eigenvalue weighted by atomic mass is 10.1. The van der Waals surface area contributed by atoms with Gasteiger partial charge < -0.3 is 39.8 Å². The highest BCUT2D eigenvalue weighted by atomic mass is 16.6. The molecule has 44 heavy (non-hydrogen) atoms. The van der Waals surface area contributed by atoms with Crippen molar-refractivity contribution in [3.05, 3.63) is 59.7 Å². The first kappa shape index (κ1) is 36.4. The normalized spacial score (nSPS) is 12.2. The number of aliphatic hydroxyl groups excluding tert-OH is 2. The lowest BCUT2D eigenvalue weighted by molar-refractivity contribution is -0.177. The fourth-order valence-corrected chi connectivity index (χ4v) is 3.70. The van der Waals surface area contributed by atoms with Crippen LogP contribution < -0.4 is 20.1 Å². The fraction of sp³-hybridized carbons (Fsp3) is 0.500. The first-order chi connectivity index (χ1) is 21.2. The van der Waals surface area contributed by atoms with Crippen molar-refractivity contribution < 1.29 is 48.3 Å². The summed E-state index contributed by atoms with van der Waals surface area (Å²) in [6.45, 7) is 8.14. The lowest BCUT2D eigenvalue weighted by Gasteiger charge is -2.10. The summed E-state index contributed by atoms with van der Waals surface area (Å²) in [4.78, 5) is 48.1. The number of carbonyl (C=O) groups excluding carboxylic acids is 4. The highest BCUT2D eigenvalue weighted by molar-refractivity contribution is 6.33. The SMILES string of the molecule is CC(CO)CNCCCOc1ccc(CC(=O)OC(=O)C(=O)OC(=O)Cc2ccc(OCCCNCC(C)CO)cc2)cc1. The molecule has 0 saturated heterocycles. The molecule has 0 amide bonds. The van der Waals surface area contributed by atoms with Crippen LogP contribution in [0.15, 0.2) is 48.5 Å². The van der Waals surface area contributed by atoms with Crippen LogP contribution in [0.25, 0.3) is 0 Å². The van der Waals surface area contributed by atoms with Crippen LogP contribution in [-0.2, 0) is 41.5 Å². The molecule has 0 bridgehead atoms. The van der Waals surface area contributed by atoms with Crippen molar-refractivity contribution >= 4 is 23.9 Å². The van der Waals surface area contributed by atoms with Crippen molar-refractivity contribution in [3.8, 4) is 11.5 Å². The zero-order valence-corrected chi connectivity index (χ0v) is 25.4. The van der Waals surface area contributed by atoms with Gasteiger partial charge in [-0.15, -0.1) is 0 Å². The molecule has 0 radical (unpaired) electrons. The van der Waals surface area contributed by atoms with Crippen LogP contribution in [0.2, 0.25) is 0 Å². The topological polar surface area (TPSA) is 170 Å². The highest BCUT2D eigenvalue weighted by Gasteiger charge is 2.24. The number of carbonyl (C=O) groups is 4. The average Bonchev–Trinajstić information content (AvgIpc) is 3.01. The van der Waals surface area contributed by atoms with Gasteiger partial charge in [-0.05, 0) is 86.2 Å². The quantitative estimate of drug-likeness (QED) is 0.0735. The Labute approximate surface area is 258 Å². The second-order valence-electron chi connectivity index (χ2n) is 10.6. The van der Waals surface area contributed by atoms with Gasteiger partial charge in [0, 0.05) is 13.2 Å². The molecule has 2 aromatic carbocycles. The minimum Gasteiger partial charge on any atom is -0.494 e. The van der Waals surface area contributed by atoms with Crippen LogP contribution in [0.3, 0.4) is 0 Å². The highest BCUT2D eigenvalue weighted by Crippen LogP contribution is 2.14. The molecule has 0 heterocycles. The van der Waals surface area contributed by atoms with Crippen molar-refractivity contribution in [2.24, 2.45) is 11.8 Å². The molecule has 4 N–H and O–H groups in total. The van der Waals surface area contributed by atoms with E-state index in [0.717, 1.165) is 39.0 Å². The van der Waals surface area contributed by atoms with E-state index in [1.165, 1.54) is 0 Å². The Balaban J connectivity index is 1.63. The molecule has 0 aliphatic heterocycles. The van der Waals surface area contributed by atoms with Crippen molar-refractivity contribution in [2.75, 3.05) is 52.6 Å². The Morgan fingerprint density at radius 3 is 1.34 bits per heavy atom. The Kier molecular flexibility index (Phi) is 17.3. The van der Waals surface area contributed by atoms with E-state index < -0.39 is 23.9 Å². The average molecular weight is 617 g/mol. The van der Waals surface area contributed by atoms with Gasteiger partial charge in [0.2, 0.25) is 0 Å².